The molecule has 3 atom stereocenters. The number of rotatable bonds is 4. The number of fused-ring (bicyclic) bond motifs is 5. The van der Waals surface area contributed by atoms with Gasteiger partial charge in [0, 0.05) is 18.5 Å². The summed E-state index contributed by atoms with van der Waals surface area (Å²) in [7, 11) is 0. The van der Waals surface area contributed by atoms with E-state index >= 15 is 0 Å². The molecule has 0 bridgehead atoms. The summed E-state index contributed by atoms with van der Waals surface area (Å²) < 4.78 is 7.42. The molecule has 2 N–H and O–H groups in total. The number of aromatic nitrogens is 1. The highest BCUT2D eigenvalue weighted by molar-refractivity contribution is 5.94. The van der Waals surface area contributed by atoms with Gasteiger partial charge in [0.2, 0.25) is 0 Å². The van der Waals surface area contributed by atoms with Gasteiger partial charge < -0.3 is 14.9 Å². The Balaban J connectivity index is 1.92. The number of hydrogen-bond donors (Lipinski definition) is 2. The molecule has 2 aliphatic rings. The fraction of sp³-hybridized carbons (Fsp3) is 0.583. The number of carbonyl (C=O) groups excluding carboxylic acids is 2. The standard InChI is InChI=1S/C24H32N2O5/c1-15(29)24(14-28)16(10-12-27)13-20-21-18(9-11-25(20)24)17-7-5-6-8-19(17)26(21)22(30)31-23(2,3)4/h5-8,16,20,27-28H,9-14H2,1-4H3/t16-,20-,24-/m0/s1. The molecule has 2 aliphatic heterocycles. The predicted octanol–water partition coefficient (Wildman–Crippen LogP) is 3.05. The van der Waals surface area contributed by atoms with Crippen LogP contribution in [0.3, 0.4) is 0 Å². The zero-order valence-corrected chi connectivity index (χ0v) is 18.7. The summed E-state index contributed by atoms with van der Waals surface area (Å²) in [5.74, 6) is -0.291. The van der Waals surface area contributed by atoms with Gasteiger partial charge in [0.1, 0.15) is 11.1 Å². The molecule has 1 fully saturated rings. The van der Waals surface area contributed by atoms with Crippen LogP contribution >= 0.6 is 0 Å². The second-order valence-electron chi connectivity index (χ2n) is 9.74. The molecule has 1 saturated heterocycles. The molecule has 4 rings (SSSR count). The molecule has 2 aromatic rings. The number of aliphatic hydroxyl groups excluding tert-OH is 2. The molecule has 31 heavy (non-hydrogen) atoms. The van der Waals surface area contributed by atoms with Crippen molar-refractivity contribution in [1.82, 2.24) is 9.47 Å². The van der Waals surface area contributed by atoms with Crippen LogP contribution in [0.5, 0.6) is 0 Å². The van der Waals surface area contributed by atoms with Gasteiger partial charge in [0.15, 0.2) is 5.78 Å². The maximum Gasteiger partial charge on any atom is 0.419 e. The van der Waals surface area contributed by atoms with Crippen molar-refractivity contribution in [3.8, 4) is 0 Å². The largest absolute Gasteiger partial charge is 0.443 e. The highest BCUT2D eigenvalue weighted by atomic mass is 16.6. The van der Waals surface area contributed by atoms with E-state index in [2.05, 4.69) is 4.90 Å². The molecule has 7 heteroatoms. The van der Waals surface area contributed by atoms with Crippen molar-refractivity contribution < 1.29 is 24.5 Å². The van der Waals surface area contributed by atoms with Crippen LogP contribution in [0, 0.1) is 5.92 Å². The Labute approximate surface area is 182 Å². The van der Waals surface area contributed by atoms with Crippen molar-refractivity contribution in [3.63, 3.8) is 0 Å². The molecular formula is C24H32N2O5. The van der Waals surface area contributed by atoms with Gasteiger partial charge in [-0.3, -0.25) is 9.69 Å². The van der Waals surface area contributed by atoms with Crippen LogP contribution in [0.15, 0.2) is 24.3 Å². The van der Waals surface area contributed by atoms with E-state index in [-0.39, 0.29) is 31.0 Å². The summed E-state index contributed by atoms with van der Waals surface area (Å²) in [4.78, 5) is 28.2. The van der Waals surface area contributed by atoms with Crippen molar-refractivity contribution in [1.29, 1.82) is 0 Å². The molecule has 0 radical (unpaired) electrons. The molecule has 1 aromatic carbocycles. The molecule has 0 spiro atoms. The molecule has 1 aromatic heterocycles. The van der Waals surface area contributed by atoms with E-state index in [1.807, 2.05) is 45.0 Å². The van der Waals surface area contributed by atoms with E-state index < -0.39 is 17.2 Å². The topological polar surface area (TPSA) is 92.0 Å². The number of nitrogens with zero attached hydrogens (tertiary/aromatic N) is 2. The average Bonchev–Trinajstić information content (AvgIpc) is 3.20. The van der Waals surface area contributed by atoms with Crippen LogP contribution in [-0.2, 0) is 16.0 Å². The first-order chi connectivity index (χ1) is 14.7. The van der Waals surface area contributed by atoms with Gasteiger partial charge in [-0.1, -0.05) is 18.2 Å². The number of ketones is 1. The van der Waals surface area contributed by atoms with Crippen LogP contribution in [0.2, 0.25) is 0 Å². The third kappa shape index (κ3) is 3.30. The van der Waals surface area contributed by atoms with Crippen molar-refractivity contribution in [2.24, 2.45) is 5.92 Å². The number of Topliss-reactive ketones (excluding diaryl/α,β-unsaturated/α-hetero) is 1. The molecular weight excluding hydrogens is 396 g/mol. The van der Waals surface area contributed by atoms with Gasteiger partial charge in [-0.2, -0.15) is 0 Å². The van der Waals surface area contributed by atoms with E-state index in [0.717, 1.165) is 22.2 Å². The number of ether oxygens (including phenoxy) is 1. The van der Waals surface area contributed by atoms with Crippen molar-refractivity contribution in [3.05, 3.63) is 35.5 Å². The van der Waals surface area contributed by atoms with E-state index in [1.54, 1.807) is 4.57 Å². The number of benzene rings is 1. The molecule has 3 heterocycles. The van der Waals surface area contributed by atoms with E-state index in [4.69, 9.17) is 4.74 Å². The highest BCUT2D eigenvalue weighted by Gasteiger charge is 2.58. The minimum absolute atomic E-state index is 0.0534. The van der Waals surface area contributed by atoms with Crippen LogP contribution in [0.1, 0.15) is 57.8 Å². The molecule has 7 nitrogen and oxygen atoms in total. The lowest BCUT2D eigenvalue weighted by Crippen LogP contribution is -2.58. The van der Waals surface area contributed by atoms with Crippen LogP contribution in [-0.4, -0.2) is 62.5 Å². The summed E-state index contributed by atoms with van der Waals surface area (Å²) in [6.45, 7) is 7.30. The smallest absolute Gasteiger partial charge is 0.419 e. The van der Waals surface area contributed by atoms with E-state index in [1.165, 1.54) is 6.92 Å². The van der Waals surface area contributed by atoms with Gasteiger partial charge in [0.05, 0.1) is 23.9 Å². The van der Waals surface area contributed by atoms with Crippen LogP contribution in [0.4, 0.5) is 4.79 Å². The second kappa shape index (κ2) is 7.73. The summed E-state index contributed by atoms with van der Waals surface area (Å²) in [6.07, 6.45) is 1.25. The summed E-state index contributed by atoms with van der Waals surface area (Å²) >= 11 is 0. The SMILES string of the molecule is CC(=O)[C@@]1(CO)[C@@H](CCO)C[C@H]2c3c(c4ccccc4n3C(=O)OC(C)(C)C)CCN21. The Morgan fingerprint density at radius 3 is 2.55 bits per heavy atom. The first-order valence-electron chi connectivity index (χ1n) is 11.0. The maximum atomic E-state index is 13.3. The van der Waals surface area contributed by atoms with Crippen LogP contribution in [0.25, 0.3) is 10.9 Å². The van der Waals surface area contributed by atoms with Gasteiger partial charge in [-0.05, 0) is 64.5 Å². The average molecular weight is 429 g/mol. The Morgan fingerprint density at radius 2 is 1.94 bits per heavy atom. The van der Waals surface area contributed by atoms with E-state index in [0.29, 0.717) is 25.8 Å². The maximum absolute atomic E-state index is 13.3. The minimum Gasteiger partial charge on any atom is -0.443 e. The van der Waals surface area contributed by atoms with Crippen molar-refractivity contribution >= 4 is 22.8 Å². The number of aliphatic hydroxyl groups is 2. The molecule has 0 amide bonds. The number of carbonyl (C=O) groups is 2. The van der Waals surface area contributed by atoms with Gasteiger partial charge >= 0.3 is 6.09 Å². The molecule has 0 unspecified atom stereocenters. The fourth-order valence-electron chi connectivity index (χ4n) is 5.73. The van der Waals surface area contributed by atoms with Crippen molar-refractivity contribution in [2.75, 3.05) is 19.8 Å². The Morgan fingerprint density at radius 1 is 1.23 bits per heavy atom. The van der Waals surface area contributed by atoms with Gasteiger partial charge in [-0.15, -0.1) is 0 Å². The lowest BCUT2D eigenvalue weighted by Gasteiger charge is -2.43. The molecule has 168 valence electrons. The Hall–Kier alpha value is -2.22. The van der Waals surface area contributed by atoms with Crippen LogP contribution < -0.4 is 0 Å². The van der Waals surface area contributed by atoms with Gasteiger partial charge in [-0.25, -0.2) is 9.36 Å². The lowest BCUT2D eigenvalue weighted by atomic mass is 9.80. The molecule has 0 aliphatic carbocycles. The first kappa shape index (κ1) is 22.0. The summed E-state index contributed by atoms with van der Waals surface area (Å²) in [5.41, 5.74) is 1.06. The third-order valence-electron chi connectivity index (χ3n) is 6.91. The fourth-order valence-corrected chi connectivity index (χ4v) is 5.73. The number of hydrogen-bond acceptors (Lipinski definition) is 6. The quantitative estimate of drug-likeness (QED) is 0.778. The van der Waals surface area contributed by atoms with E-state index in [9.17, 15) is 19.8 Å². The monoisotopic (exact) mass is 428 g/mol. The summed E-state index contributed by atoms with van der Waals surface area (Å²) in [6, 6.07) is 7.60. The Bertz CT molecular complexity index is 1020. The Kier molecular flexibility index (Phi) is 5.48. The lowest BCUT2D eigenvalue weighted by molar-refractivity contribution is -0.134. The normalized spacial score (nSPS) is 26.0. The van der Waals surface area contributed by atoms with Gasteiger partial charge in [0.25, 0.3) is 0 Å². The van der Waals surface area contributed by atoms with Crippen molar-refractivity contribution in [2.45, 2.75) is 64.1 Å². The predicted molar refractivity (Wildman–Crippen MR) is 117 cm³/mol. The number of para-hydroxylation sites is 1. The zero-order valence-electron chi connectivity index (χ0n) is 18.7. The third-order valence-corrected chi connectivity index (χ3v) is 6.91. The summed E-state index contributed by atoms with van der Waals surface area (Å²) in [5, 5.41) is 21.1. The minimum atomic E-state index is -1.04. The highest BCUT2D eigenvalue weighted by Crippen LogP contribution is 2.52. The molecule has 0 saturated carbocycles. The first-order valence-corrected chi connectivity index (χ1v) is 11.0. The second-order valence-corrected chi connectivity index (χ2v) is 9.74. The zero-order chi connectivity index (χ0) is 22.6.